The summed E-state index contributed by atoms with van der Waals surface area (Å²) < 4.78 is 47.1. The summed E-state index contributed by atoms with van der Waals surface area (Å²) in [5.74, 6) is -0.139. The average molecular weight is 417 g/mol. The summed E-state index contributed by atoms with van der Waals surface area (Å²) in [5.41, 5.74) is 1.53. The summed E-state index contributed by atoms with van der Waals surface area (Å²) in [6, 6.07) is 13.4. The highest BCUT2D eigenvalue weighted by atomic mass is 32.2. The smallest absolute Gasteiger partial charge is 0.266 e. The molecular formula is C20H20FN3O4S. The lowest BCUT2D eigenvalue weighted by atomic mass is 10.1. The number of rotatable bonds is 7. The number of nitrogens with one attached hydrogen (secondary N) is 1. The number of sulfonamides is 1. The Morgan fingerprint density at radius 1 is 1.10 bits per heavy atom. The Hall–Kier alpha value is -3.04. The highest BCUT2D eigenvalue weighted by Crippen LogP contribution is 2.24. The van der Waals surface area contributed by atoms with E-state index in [2.05, 4.69) is 9.82 Å². The maximum Gasteiger partial charge on any atom is 0.266 e. The monoisotopic (exact) mass is 417 g/mol. The van der Waals surface area contributed by atoms with Gasteiger partial charge in [0.2, 0.25) is 10.0 Å². The zero-order valence-corrected chi connectivity index (χ0v) is 16.7. The van der Waals surface area contributed by atoms with Crippen LogP contribution >= 0.6 is 0 Å². The summed E-state index contributed by atoms with van der Waals surface area (Å²) in [6.07, 6.45) is 0. The molecule has 0 saturated heterocycles. The number of halogens is 1. The number of hydrogen-bond donors (Lipinski definition) is 1. The number of aryl methyl sites for hydroxylation is 1. The molecule has 1 aromatic heterocycles. The van der Waals surface area contributed by atoms with E-state index in [9.17, 15) is 17.6 Å². The van der Waals surface area contributed by atoms with E-state index < -0.39 is 10.0 Å². The van der Waals surface area contributed by atoms with Gasteiger partial charge in [0, 0.05) is 18.2 Å². The molecule has 0 spiro atoms. The van der Waals surface area contributed by atoms with Crippen molar-refractivity contribution < 1.29 is 17.5 Å². The topological polar surface area (TPSA) is 90.3 Å². The molecule has 3 rings (SSSR count). The van der Waals surface area contributed by atoms with E-state index in [1.165, 1.54) is 37.4 Å². The van der Waals surface area contributed by atoms with Crippen molar-refractivity contribution in [3.8, 4) is 17.0 Å². The first-order valence-corrected chi connectivity index (χ1v) is 10.3. The van der Waals surface area contributed by atoms with Gasteiger partial charge in [-0.2, -0.15) is 5.10 Å². The van der Waals surface area contributed by atoms with Gasteiger partial charge in [-0.1, -0.05) is 6.07 Å². The van der Waals surface area contributed by atoms with Crippen molar-refractivity contribution in [2.75, 3.05) is 13.7 Å². The minimum absolute atomic E-state index is 0.0281. The minimum atomic E-state index is -3.84. The molecule has 0 aliphatic carbocycles. The van der Waals surface area contributed by atoms with Gasteiger partial charge in [-0.15, -0.1) is 0 Å². The number of benzene rings is 2. The largest absolute Gasteiger partial charge is 0.495 e. The number of methoxy groups -OCH3 is 1. The molecule has 0 aliphatic rings. The highest BCUT2D eigenvalue weighted by Gasteiger charge is 2.19. The Kier molecular flexibility index (Phi) is 6.09. The molecule has 2 aromatic carbocycles. The van der Waals surface area contributed by atoms with Gasteiger partial charge >= 0.3 is 0 Å². The zero-order valence-electron chi connectivity index (χ0n) is 15.9. The molecule has 7 nitrogen and oxygen atoms in total. The van der Waals surface area contributed by atoms with Crippen LogP contribution in [0, 0.1) is 12.7 Å². The second-order valence-electron chi connectivity index (χ2n) is 6.34. The zero-order chi connectivity index (χ0) is 21.0. The molecule has 0 aliphatic heterocycles. The molecule has 29 heavy (non-hydrogen) atoms. The van der Waals surface area contributed by atoms with Crippen LogP contribution in [-0.2, 0) is 16.6 Å². The summed E-state index contributed by atoms with van der Waals surface area (Å²) in [5, 5.41) is 4.23. The molecule has 0 saturated carbocycles. The van der Waals surface area contributed by atoms with E-state index in [1.807, 2.05) is 0 Å². The van der Waals surface area contributed by atoms with Crippen molar-refractivity contribution in [3.63, 3.8) is 0 Å². The fourth-order valence-corrected chi connectivity index (χ4v) is 4.01. The van der Waals surface area contributed by atoms with Gasteiger partial charge < -0.3 is 4.74 Å². The van der Waals surface area contributed by atoms with Gasteiger partial charge in [-0.05, 0) is 55.0 Å². The summed E-state index contributed by atoms with van der Waals surface area (Å²) in [6.45, 7) is 1.77. The van der Waals surface area contributed by atoms with Crippen molar-refractivity contribution in [1.82, 2.24) is 14.5 Å². The molecule has 0 unspecified atom stereocenters. The summed E-state index contributed by atoms with van der Waals surface area (Å²) in [7, 11) is -2.44. The third kappa shape index (κ3) is 4.87. The van der Waals surface area contributed by atoms with Crippen LogP contribution in [0.1, 0.15) is 5.56 Å². The van der Waals surface area contributed by atoms with Crippen LogP contribution in [0.4, 0.5) is 4.39 Å². The molecule has 0 radical (unpaired) electrons. The van der Waals surface area contributed by atoms with Crippen LogP contribution in [0.3, 0.4) is 0 Å². The van der Waals surface area contributed by atoms with Gasteiger partial charge in [0.25, 0.3) is 5.56 Å². The van der Waals surface area contributed by atoms with Crippen LogP contribution < -0.4 is 15.0 Å². The van der Waals surface area contributed by atoms with Gasteiger partial charge in [-0.3, -0.25) is 4.79 Å². The lowest BCUT2D eigenvalue weighted by Gasteiger charge is -2.12. The van der Waals surface area contributed by atoms with Crippen molar-refractivity contribution in [2.24, 2.45) is 0 Å². The Labute approximate surface area is 167 Å². The summed E-state index contributed by atoms with van der Waals surface area (Å²) >= 11 is 0. The highest BCUT2D eigenvalue weighted by molar-refractivity contribution is 7.89. The predicted molar refractivity (Wildman–Crippen MR) is 107 cm³/mol. The van der Waals surface area contributed by atoms with Gasteiger partial charge in [0.05, 0.1) is 19.3 Å². The summed E-state index contributed by atoms with van der Waals surface area (Å²) in [4.78, 5) is 12.1. The molecule has 152 valence electrons. The number of ether oxygens (including phenoxy) is 1. The van der Waals surface area contributed by atoms with E-state index in [4.69, 9.17) is 4.74 Å². The number of hydrogen-bond acceptors (Lipinski definition) is 5. The van der Waals surface area contributed by atoms with Crippen molar-refractivity contribution in [1.29, 1.82) is 0 Å². The molecule has 3 aromatic rings. The molecule has 0 fully saturated rings. The maximum absolute atomic E-state index is 13.1. The van der Waals surface area contributed by atoms with Gasteiger partial charge in [-0.25, -0.2) is 22.2 Å². The van der Waals surface area contributed by atoms with Crippen LogP contribution in [-0.4, -0.2) is 31.9 Å². The molecule has 0 bridgehead atoms. The first-order valence-electron chi connectivity index (χ1n) is 8.78. The number of nitrogens with zero attached hydrogens (tertiary/aromatic N) is 2. The normalized spacial score (nSPS) is 11.4. The maximum atomic E-state index is 13.1. The van der Waals surface area contributed by atoms with E-state index in [0.29, 0.717) is 11.3 Å². The van der Waals surface area contributed by atoms with Crippen molar-refractivity contribution in [2.45, 2.75) is 18.4 Å². The predicted octanol–water partition coefficient (Wildman–Crippen LogP) is 2.34. The van der Waals surface area contributed by atoms with E-state index in [1.54, 1.807) is 31.2 Å². The quantitative estimate of drug-likeness (QED) is 0.637. The molecule has 1 heterocycles. The molecule has 0 amide bonds. The lowest BCUT2D eigenvalue weighted by Crippen LogP contribution is -2.32. The Balaban J connectivity index is 1.76. The van der Waals surface area contributed by atoms with E-state index >= 15 is 0 Å². The van der Waals surface area contributed by atoms with Crippen LogP contribution in [0.25, 0.3) is 11.3 Å². The number of aromatic nitrogens is 2. The Bertz CT molecular complexity index is 1180. The third-order valence-corrected chi connectivity index (χ3v) is 5.71. The van der Waals surface area contributed by atoms with Crippen molar-refractivity contribution >= 4 is 10.0 Å². The van der Waals surface area contributed by atoms with Crippen molar-refractivity contribution in [3.05, 3.63) is 76.3 Å². The Morgan fingerprint density at radius 2 is 1.83 bits per heavy atom. The lowest BCUT2D eigenvalue weighted by molar-refractivity contribution is 0.402. The van der Waals surface area contributed by atoms with Crippen LogP contribution in [0.15, 0.2) is 64.3 Å². The molecule has 0 atom stereocenters. The van der Waals surface area contributed by atoms with Crippen LogP contribution in [0.5, 0.6) is 5.75 Å². The Morgan fingerprint density at radius 3 is 2.52 bits per heavy atom. The first kappa shape index (κ1) is 20.7. The average Bonchev–Trinajstić information content (AvgIpc) is 2.70. The minimum Gasteiger partial charge on any atom is -0.495 e. The van der Waals surface area contributed by atoms with Gasteiger partial charge in [0.15, 0.2) is 0 Å². The third-order valence-electron chi connectivity index (χ3n) is 4.23. The van der Waals surface area contributed by atoms with Gasteiger partial charge in [0.1, 0.15) is 16.5 Å². The van der Waals surface area contributed by atoms with Crippen LogP contribution in [0.2, 0.25) is 0 Å². The molecular weight excluding hydrogens is 397 g/mol. The fraction of sp³-hybridized carbons (Fsp3) is 0.200. The standard InChI is InChI=1S/C20H20FN3O4S/c1-14-3-9-18(28-2)19(13-14)29(26,27)22-11-12-24-20(25)10-8-17(23-24)15-4-6-16(21)7-5-15/h3-10,13,22H,11-12H2,1-2H3. The fourth-order valence-electron chi connectivity index (χ4n) is 2.74. The first-order chi connectivity index (χ1) is 13.8. The second kappa shape index (κ2) is 8.54. The van der Waals surface area contributed by atoms with E-state index in [0.717, 1.165) is 10.2 Å². The van der Waals surface area contributed by atoms with E-state index in [-0.39, 0.29) is 35.1 Å². The molecule has 9 heteroatoms. The molecule has 1 N–H and O–H groups in total. The SMILES string of the molecule is COc1ccc(C)cc1S(=O)(=O)NCCn1nc(-c2ccc(F)cc2)ccc1=O. The second-order valence-corrected chi connectivity index (χ2v) is 8.07.